The zero-order chi connectivity index (χ0) is 10.8. The van der Waals surface area contributed by atoms with Gasteiger partial charge in [0.25, 0.3) is 0 Å². The first-order valence-electron chi connectivity index (χ1n) is 6.70. The van der Waals surface area contributed by atoms with Crippen LogP contribution in [0, 0.1) is 5.92 Å². The Morgan fingerprint density at radius 1 is 0.938 bits per heavy atom. The van der Waals surface area contributed by atoms with Crippen LogP contribution in [0.5, 0.6) is 0 Å². The van der Waals surface area contributed by atoms with E-state index in [4.69, 9.17) is 0 Å². The second-order valence-corrected chi connectivity index (χ2v) is 5.27. The largest absolute Gasteiger partial charge is 0.0833 e. The molecule has 1 unspecified atom stereocenters. The standard InChI is InChI=1S/C16H20/c1-2-7-13(8-3-1)16-12-6-10-14-9-4-5-11-15(14)16/h4-6,9-11,13,16H,1-3,7-8,12H2. The molecular formula is C16H20. The summed E-state index contributed by atoms with van der Waals surface area (Å²) < 4.78 is 0. The summed E-state index contributed by atoms with van der Waals surface area (Å²) in [5.41, 5.74) is 3.07. The van der Waals surface area contributed by atoms with Gasteiger partial charge in [0.2, 0.25) is 0 Å². The molecule has 0 N–H and O–H groups in total. The van der Waals surface area contributed by atoms with Crippen molar-refractivity contribution in [1.82, 2.24) is 0 Å². The van der Waals surface area contributed by atoms with Crippen molar-refractivity contribution in [2.75, 3.05) is 0 Å². The van der Waals surface area contributed by atoms with Crippen LogP contribution in [0.1, 0.15) is 55.6 Å². The lowest BCUT2D eigenvalue weighted by molar-refractivity contribution is 0.304. The molecule has 0 aromatic heterocycles. The molecular weight excluding hydrogens is 192 g/mol. The average Bonchev–Trinajstić information content (AvgIpc) is 2.39. The van der Waals surface area contributed by atoms with E-state index in [1.165, 1.54) is 44.1 Å². The summed E-state index contributed by atoms with van der Waals surface area (Å²) in [6, 6.07) is 8.97. The fourth-order valence-corrected chi connectivity index (χ4v) is 3.45. The number of allylic oxidation sites excluding steroid dienone is 1. The van der Waals surface area contributed by atoms with Gasteiger partial charge in [-0.3, -0.25) is 0 Å². The van der Waals surface area contributed by atoms with E-state index in [9.17, 15) is 0 Å². The molecule has 1 fully saturated rings. The van der Waals surface area contributed by atoms with Crippen LogP contribution in [0.4, 0.5) is 0 Å². The van der Waals surface area contributed by atoms with Crippen molar-refractivity contribution in [1.29, 1.82) is 0 Å². The van der Waals surface area contributed by atoms with Crippen LogP contribution in [0.2, 0.25) is 0 Å². The Morgan fingerprint density at radius 2 is 1.75 bits per heavy atom. The van der Waals surface area contributed by atoms with Gasteiger partial charge < -0.3 is 0 Å². The summed E-state index contributed by atoms with van der Waals surface area (Å²) in [7, 11) is 0. The number of hydrogen-bond donors (Lipinski definition) is 0. The van der Waals surface area contributed by atoms with Gasteiger partial charge >= 0.3 is 0 Å². The molecule has 0 nitrogen and oxygen atoms in total. The first-order chi connectivity index (χ1) is 7.95. The number of rotatable bonds is 1. The van der Waals surface area contributed by atoms with Crippen molar-refractivity contribution in [3.63, 3.8) is 0 Å². The molecule has 2 aliphatic carbocycles. The Labute approximate surface area is 98.4 Å². The van der Waals surface area contributed by atoms with E-state index < -0.39 is 0 Å². The van der Waals surface area contributed by atoms with Gasteiger partial charge in [-0.1, -0.05) is 55.7 Å². The summed E-state index contributed by atoms with van der Waals surface area (Å²) in [5, 5.41) is 0. The van der Waals surface area contributed by atoms with Crippen LogP contribution in [-0.2, 0) is 0 Å². The van der Waals surface area contributed by atoms with Crippen molar-refractivity contribution in [3.8, 4) is 0 Å². The molecule has 0 saturated heterocycles. The zero-order valence-corrected chi connectivity index (χ0v) is 9.86. The van der Waals surface area contributed by atoms with Gasteiger partial charge in [0.1, 0.15) is 0 Å². The topological polar surface area (TPSA) is 0 Å². The molecule has 0 aliphatic heterocycles. The zero-order valence-electron chi connectivity index (χ0n) is 9.86. The lowest BCUT2D eigenvalue weighted by Crippen LogP contribution is -2.18. The minimum absolute atomic E-state index is 0.807. The molecule has 0 bridgehead atoms. The summed E-state index contributed by atoms with van der Waals surface area (Å²) in [6.07, 6.45) is 13.2. The van der Waals surface area contributed by atoms with Crippen molar-refractivity contribution in [2.24, 2.45) is 5.92 Å². The van der Waals surface area contributed by atoms with Gasteiger partial charge in [-0.2, -0.15) is 0 Å². The van der Waals surface area contributed by atoms with Crippen LogP contribution in [0.3, 0.4) is 0 Å². The summed E-state index contributed by atoms with van der Waals surface area (Å²) >= 11 is 0. The second-order valence-electron chi connectivity index (χ2n) is 5.27. The molecule has 1 atom stereocenters. The van der Waals surface area contributed by atoms with Crippen LogP contribution in [-0.4, -0.2) is 0 Å². The van der Waals surface area contributed by atoms with Crippen LogP contribution in [0.15, 0.2) is 30.3 Å². The van der Waals surface area contributed by atoms with Crippen molar-refractivity contribution < 1.29 is 0 Å². The third-order valence-corrected chi connectivity index (χ3v) is 4.30. The van der Waals surface area contributed by atoms with E-state index in [-0.39, 0.29) is 0 Å². The highest BCUT2D eigenvalue weighted by Gasteiger charge is 2.26. The highest BCUT2D eigenvalue weighted by Crippen LogP contribution is 2.41. The van der Waals surface area contributed by atoms with E-state index in [1.807, 2.05) is 0 Å². The quantitative estimate of drug-likeness (QED) is 0.629. The Hall–Kier alpha value is -1.04. The molecule has 1 aromatic rings. The Morgan fingerprint density at radius 3 is 2.62 bits per heavy atom. The number of benzene rings is 1. The maximum atomic E-state index is 2.38. The molecule has 84 valence electrons. The molecule has 0 heteroatoms. The van der Waals surface area contributed by atoms with Crippen LogP contribution in [0.25, 0.3) is 6.08 Å². The molecule has 1 aromatic carbocycles. The average molecular weight is 212 g/mol. The second kappa shape index (κ2) is 4.45. The fourth-order valence-electron chi connectivity index (χ4n) is 3.45. The summed E-state index contributed by atoms with van der Waals surface area (Å²) in [6.45, 7) is 0. The lowest BCUT2D eigenvalue weighted by Gasteiger charge is -2.32. The normalized spacial score (nSPS) is 25.4. The fraction of sp³-hybridized carbons (Fsp3) is 0.500. The van der Waals surface area contributed by atoms with Crippen LogP contribution < -0.4 is 0 Å². The number of hydrogen-bond acceptors (Lipinski definition) is 0. The molecule has 2 aliphatic rings. The monoisotopic (exact) mass is 212 g/mol. The van der Waals surface area contributed by atoms with Gasteiger partial charge in [0, 0.05) is 0 Å². The van der Waals surface area contributed by atoms with Crippen molar-refractivity contribution in [3.05, 3.63) is 41.5 Å². The van der Waals surface area contributed by atoms with Crippen molar-refractivity contribution in [2.45, 2.75) is 44.4 Å². The third kappa shape index (κ3) is 1.81. The van der Waals surface area contributed by atoms with Crippen molar-refractivity contribution >= 4 is 6.08 Å². The molecule has 0 heterocycles. The predicted octanol–water partition coefficient (Wildman–Crippen LogP) is 4.77. The predicted molar refractivity (Wildman–Crippen MR) is 69.4 cm³/mol. The highest BCUT2D eigenvalue weighted by atomic mass is 14.3. The summed E-state index contributed by atoms with van der Waals surface area (Å²) in [5.74, 6) is 1.75. The highest BCUT2D eigenvalue weighted by molar-refractivity contribution is 5.57. The first-order valence-corrected chi connectivity index (χ1v) is 6.70. The van der Waals surface area contributed by atoms with Crippen LogP contribution >= 0.6 is 0 Å². The van der Waals surface area contributed by atoms with E-state index in [0.29, 0.717) is 0 Å². The third-order valence-electron chi connectivity index (χ3n) is 4.30. The molecule has 3 rings (SSSR count). The smallest absolute Gasteiger partial charge is 0.00930 e. The summed E-state index contributed by atoms with van der Waals surface area (Å²) in [4.78, 5) is 0. The van der Waals surface area contributed by atoms with Gasteiger partial charge in [-0.15, -0.1) is 0 Å². The molecule has 1 saturated carbocycles. The molecule has 0 amide bonds. The maximum Gasteiger partial charge on any atom is -0.00930 e. The Balaban J connectivity index is 1.88. The maximum absolute atomic E-state index is 2.38. The molecule has 16 heavy (non-hydrogen) atoms. The van der Waals surface area contributed by atoms with Gasteiger partial charge in [-0.05, 0) is 42.2 Å². The minimum atomic E-state index is 0.807. The first kappa shape index (κ1) is 10.1. The van der Waals surface area contributed by atoms with E-state index in [2.05, 4.69) is 36.4 Å². The SMILES string of the molecule is C1=Cc2ccccc2C(C2CCCCC2)C1. The van der Waals surface area contributed by atoms with Gasteiger partial charge in [-0.25, -0.2) is 0 Å². The lowest BCUT2D eigenvalue weighted by atomic mass is 9.72. The van der Waals surface area contributed by atoms with Gasteiger partial charge in [0.05, 0.1) is 0 Å². The minimum Gasteiger partial charge on any atom is -0.0833 e. The Bertz CT molecular complexity index is 383. The van der Waals surface area contributed by atoms with E-state index in [1.54, 1.807) is 5.56 Å². The molecule has 0 radical (unpaired) electrons. The van der Waals surface area contributed by atoms with Gasteiger partial charge in [0.15, 0.2) is 0 Å². The molecule has 0 spiro atoms. The number of fused-ring (bicyclic) bond motifs is 1. The van der Waals surface area contributed by atoms with E-state index >= 15 is 0 Å². The van der Waals surface area contributed by atoms with E-state index in [0.717, 1.165) is 11.8 Å². The Kier molecular flexibility index (Phi) is 2.82.